The first-order chi connectivity index (χ1) is 13.1. The maximum atomic E-state index is 12.7. The van der Waals surface area contributed by atoms with E-state index in [0.29, 0.717) is 6.04 Å². The van der Waals surface area contributed by atoms with E-state index < -0.39 is 0 Å². The van der Waals surface area contributed by atoms with Gasteiger partial charge in [0, 0.05) is 24.0 Å². The smallest absolute Gasteiger partial charge is 0.224 e. The Kier molecular flexibility index (Phi) is 5.35. The van der Waals surface area contributed by atoms with Crippen molar-refractivity contribution in [1.82, 2.24) is 15.3 Å². The zero-order valence-electron chi connectivity index (χ0n) is 16.7. The number of thiophene rings is 1. The molecule has 1 N–H and O–H groups in total. The second-order valence-electron chi connectivity index (χ2n) is 8.05. The van der Waals surface area contributed by atoms with Crippen molar-refractivity contribution in [3.8, 4) is 0 Å². The number of unbranched alkanes of at least 4 members (excludes halogenated alkanes) is 1. The minimum absolute atomic E-state index is 0.0510. The van der Waals surface area contributed by atoms with Gasteiger partial charge >= 0.3 is 0 Å². The normalized spacial score (nSPS) is 22.3. The monoisotopic (exact) mass is 386 g/mol. The van der Waals surface area contributed by atoms with Gasteiger partial charge < -0.3 is 10.2 Å². The van der Waals surface area contributed by atoms with Crippen LogP contribution in [0.4, 0.5) is 5.82 Å². The van der Waals surface area contributed by atoms with Crippen molar-refractivity contribution >= 4 is 33.3 Å². The van der Waals surface area contributed by atoms with Gasteiger partial charge in [-0.2, -0.15) is 0 Å². The van der Waals surface area contributed by atoms with Crippen LogP contribution >= 0.6 is 11.3 Å². The lowest BCUT2D eigenvalue weighted by atomic mass is 9.92. The summed E-state index contributed by atoms with van der Waals surface area (Å²) in [6, 6.07) is 0.402. The number of nitrogens with one attached hydrogen (secondary N) is 1. The first-order valence-corrected chi connectivity index (χ1v) is 11.2. The number of carbonyl (C=O) groups excluding carboxylic acids is 1. The Labute approximate surface area is 165 Å². The fourth-order valence-electron chi connectivity index (χ4n) is 4.44. The zero-order valence-corrected chi connectivity index (χ0v) is 17.5. The Morgan fingerprint density at radius 3 is 2.96 bits per heavy atom. The third-order valence-electron chi connectivity index (χ3n) is 6.01. The largest absolute Gasteiger partial charge is 0.356 e. The molecule has 1 aliphatic heterocycles. The maximum absolute atomic E-state index is 12.7. The molecule has 2 aromatic rings. The van der Waals surface area contributed by atoms with E-state index >= 15 is 0 Å². The van der Waals surface area contributed by atoms with Crippen LogP contribution in [-0.4, -0.2) is 35.0 Å². The predicted octanol–water partition coefficient (Wildman–Crippen LogP) is 4.01. The number of nitrogens with zero attached hydrogens (tertiary/aromatic N) is 3. The summed E-state index contributed by atoms with van der Waals surface area (Å²) in [5.41, 5.74) is 1.46. The van der Waals surface area contributed by atoms with Crippen molar-refractivity contribution in [3.05, 3.63) is 16.3 Å². The van der Waals surface area contributed by atoms with Gasteiger partial charge in [-0.05, 0) is 57.9 Å². The second-order valence-corrected chi connectivity index (χ2v) is 9.14. The highest BCUT2D eigenvalue weighted by atomic mass is 32.1. The molecular formula is C21H30N4OS. The molecule has 0 saturated carbocycles. The average molecular weight is 387 g/mol. The Bertz CT molecular complexity index is 846. The number of hydrogen-bond donors (Lipinski definition) is 1. The summed E-state index contributed by atoms with van der Waals surface area (Å²) in [5, 5.41) is 4.39. The van der Waals surface area contributed by atoms with E-state index in [9.17, 15) is 4.79 Å². The average Bonchev–Trinajstić information content (AvgIpc) is 3.22. The van der Waals surface area contributed by atoms with Gasteiger partial charge in [-0.3, -0.25) is 4.79 Å². The first-order valence-electron chi connectivity index (χ1n) is 10.4. The number of piperidine rings is 1. The van der Waals surface area contributed by atoms with Crippen LogP contribution in [0.3, 0.4) is 0 Å². The summed E-state index contributed by atoms with van der Waals surface area (Å²) >= 11 is 1.84. The van der Waals surface area contributed by atoms with Crippen LogP contribution in [0.5, 0.6) is 0 Å². The minimum Gasteiger partial charge on any atom is -0.356 e. The molecular weight excluding hydrogens is 356 g/mol. The molecule has 1 fully saturated rings. The molecule has 0 unspecified atom stereocenters. The van der Waals surface area contributed by atoms with Gasteiger partial charge in [-0.1, -0.05) is 13.3 Å². The number of fused-ring (bicyclic) bond motifs is 3. The number of anilines is 1. The van der Waals surface area contributed by atoms with Crippen molar-refractivity contribution in [2.75, 3.05) is 18.0 Å². The molecule has 3 heterocycles. The molecule has 1 saturated heterocycles. The molecule has 5 nitrogen and oxygen atoms in total. The van der Waals surface area contributed by atoms with E-state index in [1.165, 1.54) is 28.7 Å². The maximum Gasteiger partial charge on any atom is 0.224 e. The summed E-state index contributed by atoms with van der Waals surface area (Å²) in [7, 11) is 0. The van der Waals surface area contributed by atoms with Gasteiger partial charge in [-0.25, -0.2) is 9.97 Å². The van der Waals surface area contributed by atoms with E-state index in [1.54, 1.807) is 0 Å². The Morgan fingerprint density at radius 2 is 2.15 bits per heavy atom. The summed E-state index contributed by atoms with van der Waals surface area (Å²) < 4.78 is 0. The van der Waals surface area contributed by atoms with Crippen LogP contribution in [0.1, 0.15) is 62.2 Å². The topological polar surface area (TPSA) is 58.1 Å². The highest BCUT2D eigenvalue weighted by molar-refractivity contribution is 7.19. The molecule has 0 spiro atoms. The molecule has 6 heteroatoms. The summed E-state index contributed by atoms with van der Waals surface area (Å²) in [5.74, 6) is 2.16. The molecule has 0 aromatic carbocycles. The van der Waals surface area contributed by atoms with Crippen molar-refractivity contribution in [2.45, 2.75) is 71.8 Å². The van der Waals surface area contributed by atoms with Crippen LogP contribution in [0.25, 0.3) is 10.2 Å². The Balaban J connectivity index is 1.64. The lowest BCUT2D eigenvalue weighted by Crippen LogP contribution is -2.47. The number of rotatable bonds is 5. The standard InChI is InChI=1S/C21H30N4OS/c1-4-5-11-22-20(26)15-10-9-13(2)25(12-15)19-18-16-7-6-8-17(16)27-21(18)24-14(3)23-19/h13,15H,4-12H2,1-3H3,(H,22,26)/t13-,15+/m1/s1. The lowest BCUT2D eigenvalue weighted by Gasteiger charge is -2.38. The number of aryl methyl sites for hydroxylation is 3. The predicted molar refractivity (Wildman–Crippen MR) is 112 cm³/mol. The second kappa shape index (κ2) is 7.74. The van der Waals surface area contributed by atoms with Crippen LogP contribution in [0.2, 0.25) is 0 Å². The van der Waals surface area contributed by atoms with E-state index in [-0.39, 0.29) is 11.8 Å². The quantitative estimate of drug-likeness (QED) is 0.789. The molecule has 0 bridgehead atoms. The van der Waals surface area contributed by atoms with Gasteiger partial charge in [0.2, 0.25) is 5.91 Å². The van der Waals surface area contributed by atoms with E-state index in [2.05, 4.69) is 24.1 Å². The van der Waals surface area contributed by atoms with Crippen molar-refractivity contribution < 1.29 is 4.79 Å². The molecule has 2 aromatic heterocycles. The third kappa shape index (κ3) is 3.56. The van der Waals surface area contributed by atoms with E-state index in [1.807, 2.05) is 18.3 Å². The van der Waals surface area contributed by atoms with Crippen molar-refractivity contribution in [1.29, 1.82) is 0 Å². The highest BCUT2D eigenvalue weighted by Gasteiger charge is 2.33. The van der Waals surface area contributed by atoms with Gasteiger partial charge in [0.25, 0.3) is 0 Å². The van der Waals surface area contributed by atoms with Crippen LogP contribution < -0.4 is 10.2 Å². The minimum atomic E-state index is 0.0510. The van der Waals surface area contributed by atoms with Gasteiger partial charge in [0.05, 0.1) is 11.3 Å². The molecule has 2 aliphatic rings. The van der Waals surface area contributed by atoms with Crippen LogP contribution in [-0.2, 0) is 17.6 Å². The number of aromatic nitrogens is 2. The SMILES string of the molecule is CCCCNC(=O)[C@H]1CC[C@@H](C)N(c2nc(C)nc3sc4c(c23)CCC4)C1. The fourth-order valence-corrected chi connectivity index (χ4v) is 5.74. The molecule has 4 rings (SSSR count). The summed E-state index contributed by atoms with van der Waals surface area (Å²) in [6.45, 7) is 7.95. The molecule has 27 heavy (non-hydrogen) atoms. The molecule has 0 radical (unpaired) electrons. The van der Waals surface area contributed by atoms with Gasteiger partial charge in [0.15, 0.2) is 0 Å². The van der Waals surface area contributed by atoms with Crippen molar-refractivity contribution in [3.63, 3.8) is 0 Å². The summed E-state index contributed by atoms with van der Waals surface area (Å²) in [6.07, 6.45) is 7.70. The van der Waals surface area contributed by atoms with Gasteiger partial charge in [-0.15, -0.1) is 11.3 Å². The molecule has 1 aliphatic carbocycles. The van der Waals surface area contributed by atoms with E-state index in [4.69, 9.17) is 9.97 Å². The third-order valence-corrected chi connectivity index (χ3v) is 7.20. The lowest BCUT2D eigenvalue weighted by molar-refractivity contribution is -0.125. The Hall–Kier alpha value is -1.69. The van der Waals surface area contributed by atoms with Crippen molar-refractivity contribution in [2.24, 2.45) is 5.92 Å². The van der Waals surface area contributed by atoms with E-state index in [0.717, 1.165) is 61.7 Å². The number of hydrogen-bond acceptors (Lipinski definition) is 5. The molecule has 2 atom stereocenters. The first kappa shape index (κ1) is 18.7. The van der Waals surface area contributed by atoms with Gasteiger partial charge in [0.1, 0.15) is 16.5 Å². The number of carbonyl (C=O) groups is 1. The molecule has 1 amide bonds. The van der Waals surface area contributed by atoms with Crippen LogP contribution in [0, 0.1) is 12.8 Å². The zero-order chi connectivity index (χ0) is 19.0. The molecule has 146 valence electrons. The highest BCUT2D eigenvalue weighted by Crippen LogP contribution is 2.42. The summed E-state index contributed by atoms with van der Waals surface area (Å²) in [4.78, 5) is 27.3. The Morgan fingerprint density at radius 1 is 1.30 bits per heavy atom. The van der Waals surface area contributed by atoms with Crippen LogP contribution in [0.15, 0.2) is 0 Å². The number of amides is 1. The fraction of sp³-hybridized carbons (Fsp3) is 0.667.